The van der Waals surface area contributed by atoms with E-state index in [4.69, 9.17) is 31.0 Å². The smallest absolute Gasteiger partial charge is 0.318 e. The second-order valence-corrected chi connectivity index (χ2v) is 12.4. The number of likely N-dealkylation sites (tertiary alicyclic amines) is 1. The summed E-state index contributed by atoms with van der Waals surface area (Å²) in [6.45, 7) is 6.04. The van der Waals surface area contributed by atoms with Crippen molar-refractivity contribution in [2.45, 2.75) is 50.4 Å². The van der Waals surface area contributed by atoms with Crippen molar-refractivity contribution in [3.63, 3.8) is 0 Å². The number of aromatic nitrogens is 2. The molecule has 2 bridgehead atoms. The van der Waals surface area contributed by atoms with E-state index in [-0.39, 0.29) is 0 Å². The minimum atomic E-state index is 0.415. The fraction of sp³-hybridized carbons (Fsp3) is 0.548. The Bertz CT molecular complexity index is 1380. The lowest BCUT2D eigenvalue weighted by Gasteiger charge is -2.38. The van der Waals surface area contributed by atoms with Crippen LogP contribution in [0.1, 0.15) is 30.5 Å². The minimum Gasteiger partial charge on any atom is -0.462 e. The van der Waals surface area contributed by atoms with Gasteiger partial charge in [-0.3, -0.25) is 0 Å². The number of fused-ring (bicyclic) bond motifs is 4. The van der Waals surface area contributed by atoms with E-state index in [0.717, 1.165) is 85.0 Å². The molecule has 7 rings (SSSR count). The normalized spacial score (nSPS) is 26.5. The van der Waals surface area contributed by atoms with Gasteiger partial charge in [0.2, 0.25) is 0 Å². The maximum atomic E-state index is 6.72. The van der Waals surface area contributed by atoms with Gasteiger partial charge in [-0.05, 0) is 56.8 Å². The molecule has 9 heteroatoms. The number of hydrogen-bond donors (Lipinski definition) is 1. The highest BCUT2D eigenvalue weighted by Gasteiger charge is 2.41. The lowest BCUT2D eigenvalue weighted by molar-refractivity contribution is 0.147. The van der Waals surface area contributed by atoms with Gasteiger partial charge in [0.1, 0.15) is 12.4 Å². The molecular formula is C31H39ClN6O2. The summed E-state index contributed by atoms with van der Waals surface area (Å²) in [4.78, 5) is 17.4. The number of benzene rings is 2. The molecule has 0 radical (unpaired) electrons. The molecule has 3 saturated heterocycles. The zero-order valence-corrected chi connectivity index (χ0v) is 24.2. The van der Waals surface area contributed by atoms with Crippen molar-refractivity contribution in [3.8, 4) is 6.01 Å². The molecule has 0 spiro atoms. The highest BCUT2D eigenvalue weighted by Crippen LogP contribution is 2.38. The fourth-order valence-electron chi connectivity index (χ4n) is 7.34. The number of piperazine rings is 1. The van der Waals surface area contributed by atoms with Gasteiger partial charge in [0, 0.05) is 67.4 Å². The van der Waals surface area contributed by atoms with Crippen molar-refractivity contribution < 1.29 is 9.47 Å². The second-order valence-electron chi connectivity index (χ2n) is 12.0. The maximum Gasteiger partial charge on any atom is 0.318 e. The predicted octanol–water partition coefficient (Wildman–Crippen LogP) is 4.13. The molecule has 0 amide bonds. The van der Waals surface area contributed by atoms with Crippen LogP contribution in [-0.2, 0) is 17.7 Å². The van der Waals surface area contributed by atoms with E-state index >= 15 is 0 Å². The third-order valence-corrected chi connectivity index (χ3v) is 9.73. The van der Waals surface area contributed by atoms with Gasteiger partial charge < -0.3 is 29.5 Å². The number of methoxy groups -OCH3 is 1. The maximum absolute atomic E-state index is 6.72. The lowest BCUT2D eigenvalue weighted by Crippen LogP contribution is -2.53. The van der Waals surface area contributed by atoms with E-state index in [9.17, 15) is 0 Å². The number of hydrogen-bond acceptors (Lipinski definition) is 8. The molecule has 40 heavy (non-hydrogen) atoms. The first kappa shape index (κ1) is 26.3. The summed E-state index contributed by atoms with van der Waals surface area (Å²) < 4.78 is 11.9. The molecule has 4 aliphatic heterocycles. The Labute approximate surface area is 241 Å². The predicted molar refractivity (Wildman–Crippen MR) is 160 cm³/mol. The first-order chi connectivity index (χ1) is 19.6. The van der Waals surface area contributed by atoms with E-state index in [0.29, 0.717) is 43.2 Å². The van der Waals surface area contributed by atoms with E-state index < -0.39 is 0 Å². The Hall–Kier alpha value is -2.65. The van der Waals surface area contributed by atoms with Crippen LogP contribution < -0.4 is 19.9 Å². The van der Waals surface area contributed by atoms with E-state index in [1.165, 1.54) is 12.0 Å². The standard InChI is InChI=1S/C31H39ClN6O2/c1-36-12-5-8-23(36)19-40-31-34-27-17-37(28-10-4-7-20-6-3-9-25(32)29(20)28)13-11-24(27)30(35-31)38-15-22-14-21(18-39-2)26(16-38)33-22/h3-4,6-7,9-10,21-23,26,33H,5,8,11-19H2,1-2H3/t21-,22-,23+,26-/m1/s1. The van der Waals surface area contributed by atoms with Gasteiger partial charge in [-0.25, -0.2) is 0 Å². The summed E-state index contributed by atoms with van der Waals surface area (Å²) in [5.74, 6) is 1.60. The molecule has 8 nitrogen and oxygen atoms in total. The second kappa shape index (κ2) is 11.0. The molecule has 3 fully saturated rings. The van der Waals surface area contributed by atoms with Gasteiger partial charge in [-0.1, -0.05) is 35.9 Å². The highest BCUT2D eigenvalue weighted by molar-refractivity contribution is 6.36. The van der Waals surface area contributed by atoms with Crippen LogP contribution in [-0.4, -0.2) is 86.5 Å². The topological polar surface area (TPSA) is 66.0 Å². The Morgan fingerprint density at radius 1 is 1.05 bits per heavy atom. The molecule has 0 saturated carbocycles. The highest BCUT2D eigenvalue weighted by atomic mass is 35.5. The van der Waals surface area contributed by atoms with Gasteiger partial charge in [-0.15, -0.1) is 0 Å². The average molecular weight is 563 g/mol. The number of halogens is 1. The summed E-state index contributed by atoms with van der Waals surface area (Å²) in [6.07, 6.45) is 4.41. The van der Waals surface area contributed by atoms with Crippen molar-refractivity contribution in [2.24, 2.45) is 5.92 Å². The fourth-order valence-corrected chi connectivity index (χ4v) is 7.61. The number of rotatable bonds is 7. The van der Waals surface area contributed by atoms with Crippen LogP contribution in [0.3, 0.4) is 0 Å². The number of nitrogens with one attached hydrogen (secondary N) is 1. The lowest BCUT2D eigenvalue weighted by atomic mass is 10.0. The van der Waals surface area contributed by atoms with Crippen LogP contribution >= 0.6 is 11.6 Å². The minimum absolute atomic E-state index is 0.415. The van der Waals surface area contributed by atoms with Crippen molar-refractivity contribution in [1.82, 2.24) is 20.2 Å². The monoisotopic (exact) mass is 562 g/mol. The van der Waals surface area contributed by atoms with Crippen LogP contribution in [0.4, 0.5) is 11.5 Å². The number of likely N-dealkylation sites (N-methyl/N-ethyl adjacent to an activating group) is 1. The summed E-state index contributed by atoms with van der Waals surface area (Å²) >= 11 is 6.72. The van der Waals surface area contributed by atoms with E-state index in [1.54, 1.807) is 7.11 Å². The molecule has 1 aromatic heterocycles. The third kappa shape index (κ3) is 4.89. The third-order valence-electron chi connectivity index (χ3n) is 9.42. The van der Waals surface area contributed by atoms with Gasteiger partial charge in [0.15, 0.2) is 0 Å². The van der Waals surface area contributed by atoms with Crippen molar-refractivity contribution >= 4 is 33.9 Å². The van der Waals surface area contributed by atoms with Crippen molar-refractivity contribution in [1.29, 1.82) is 0 Å². The van der Waals surface area contributed by atoms with Gasteiger partial charge in [-0.2, -0.15) is 9.97 Å². The molecule has 4 atom stereocenters. The summed E-state index contributed by atoms with van der Waals surface area (Å²) in [7, 11) is 3.99. The quantitative estimate of drug-likeness (QED) is 0.461. The van der Waals surface area contributed by atoms with Crippen molar-refractivity contribution in [3.05, 3.63) is 52.7 Å². The van der Waals surface area contributed by atoms with Gasteiger partial charge in [0.05, 0.1) is 23.9 Å². The Balaban J connectivity index is 1.22. The SMILES string of the molecule is COC[C@H]1C[C@@H]2CN(c3nc(OC[C@@H]4CCCN4C)nc4c3CCN(c3cccc5cccc(Cl)c35)C4)C[C@H]1N2. The molecule has 1 N–H and O–H groups in total. The Morgan fingerprint density at radius 2 is 1.93 bits per heavy atom. The molecule has 0 unspecified atom stereocenters. The number of nitrogens with zero attached hydrogens (tertiary/aromatic N) is 5. The van der Waals surface area contributed by atoms with Gasteiger partial charge in [0.25, 0.3) is 0 Å². The largest absolute Gasteiger partial charge is 0.462 e. The summed E-state index contributed by atoms with van der Waals surface area (Å²) in [5, 5.41) is 6.86. The molecule has 4 aliphatic rings. The molecule has 212 valence electrons. The zero-order valence-electron chi connectivity index (χ0n) is 23.5. The van der Waals surface area contributed by atoms with Crippen molar-refractivity contribution in [2.75, 3.05) is 63.4 Å². The van der Waals surface area contributed by atoms with E-state index in [2.05, 4.69) is 51.3 Å². The number of anilines is 2. The number of ether oxygens (including phenoxy) is 2. The summed E-state index contributed by atoms with van der Waals surface area (Å²) in [6, 6.07) is 14.4. The molecule has 5 heterocycles. The van der Waals surface area contributed by atoms with Crippen LogP contribution in [0.5, 0.6) is 6.01 Å². The zero-order chi connectivity index (χ0) is 27.2. The van der Waals surface area contributed by atoms with Crippen LogP contribution in [0.15, 0.2) is 36.4 Å². The molecular weight excluding hydrogens is 524 g/mol. The Kier molecular flexibility index (Phi) is 7.20. The van der Waals surface area contributed by atoms with Crippen LogP contribution in [0, 0.1) is 5.92 Å². The molecule has 2 aromatic carbocycles. The van der Waals surface area contributed by atoms with Gasteiger partial charge >= 0.3 is 6.01 Å². The van der Waals surface area contributed by atoms with Crippen LogP contribution in [0.2, 0.25) is 5.02 Å². The molecule has 3 aromatic rings. The Morgan fingerprint density at radius 3 is 2.75 bits per heavy atom. The van der Waals surface area contributed by atoms with Crippen LogP contribution in [0.25, 0.3) is 10.8 Å². The summed E-state index contributed by atoms with van der Waals surface area (Å²) in [5.41, 5.74) is 3.48. The van der Waals surface area contributed by atoms with E-state index in [1.807, 2.05) is 12.1 Å². The molecule has 0 aliphatic carbocycles. The average Bonchev–Trinajstić information content (AvgIpc) is 3.51. The first-order valence-electron chi connectivity index (χ1n) is 14.7. The first-order valence-corrected chi connectivity index (χ1v) is 15.1.